The molecule has 0 aliphatic heterocycles. The second kappa shape index (κ2) is 4.50. The van der Waals surface area contributed by atoms with Crippen molar-refractivity contribution in [2.75, 3.05) is 0 Å². The predicted octanol–water partition coefficient (Wildman–Crippen LogP) is 3.44. The molecule has 1 aliphatic rings. The molecule has 0 amide bonds. The Morgan fingerprint density at radius 3 is 2.38 bits per heavy atom. The van der Waals surface area contributed by atoms with Crippen LogP contribution in [0.1, 0.15) is 37.3 Å². The van der Waals surface area contributed by atoms with E-state index in [1.165, 1.54) is 31.9 Å². The standard InChI is InChI=1S/C13H17F2N/c1-2-13(14,15)11-5-3-10(4-6-11)9-16-12-7-8-12/h3-6,12,16H,2,7-9H2,1H3. The highest BCUT2D eigenvalue weighted by molar-refractivity contribution is 5.25. The maximum Gasteiger partial charge on any atom is 0.273 e. The molecule has 1 aliphatic carbocycles. The van der Waals surface area contributed by atoms with Crippen molar-refractivity contribution < 1.29 is 8.78 Å². The second-order valence-electron chi connectivity index (χ2n) is 4.41. The largest absolute Gasteiger partial charge is 0.310 e. The number of rotatable bonds is 5. The van der Waals surface area contributed by atoms with Gasteiger partial charge in [-0.2, -0.15) is 0 Å². The topological polar surface area (TPSA) is 12.0 Å². The van der Waals surface area contributed by atoms with Crippen LogP contribution in [0.5, 0.6) is 0 Å². The fourth-order valence-corrected chi connectivity index (χ4v) is 1.62. The van der Waals surface area contributed by atoms with E-state index in [-0.39, 0.29) is 12.0 Å². The molecule has 3 heteroatoms. The van der Waals surface area contributed by atoms with E-state index in [9.17, 15) is 8.78 Å². The number of alkyl halides is 2. The van der Waals surface area contributed by atoms with E-state index in [4.69, 9.17) is 0 Å². The smallest absolute Gasteiger partial charge is 0.273 e. The van der Waals surface area contributed by atoms with E-state index in [0.29, 0.717) is 6.04 Å². The van der Waals surface area contributed by atoms with Crippen molar-refractivity contribution in [1.82, 2.24) is 5.32 Å². The van der Waals surface area contributed by atoms with Gasteiger partial charge in [-0.1, -0.05) is 31.2 Å². The van der Waals surface area contributed by atoms with Gasteiger partial charge in [0.25, 0.3) is 5.92 Å². The summed E-state index contributed by atoms with van der Waals surface area (Å²) in [5.41, 5.74) is 1.19. The van der Waals surface area contributed by atoms with Gasteiger partial charge in [-0.05, 0) is 18.4 Å². The lowest BCUT2D eigenvalue weighted by molar-refractivity contribution is -0.00829. The normalized spacial score (nSPS) is 16.4. The van der Waals surface area contributed by atoms with Crippen LogP contribution in [0.15, 0.2) is 24.3 Å². The predicted molar refractivity (Wildman–Crippen MR) is 60.5 cm³/mol. The van der Waals surface area contributed by atoms with Crippen LogP contribution in [0, 0.1) is 0 Å². The van der Waals surface area contributed by atoms with E-state index >= 15 is 0 Å². The van der Waals surface area contributed by atoms with Gasteiger partial charge in [0.15, 0.2) is 0 Å². The van der Waals surface area contributed by atoms with Crippen molar-refractivity contribution in [1.29, 1.82) is 0 Å². The van der Waals surface area contributed by atoms with Crippen molar-refractivity contribution in [2.24, 2.45) is 0 Å². The van der Waals surface area contributed by atoms with E-state index in [1.54, 1.807) is 12.1 Å². The molecule has 2 rings (SSSR count). The van der Waals surface area contributed by atoms with Crippen LogP contribution in [-0.2, 0) is 12.5 Å². The van der Waals surface area contributed by atoms with E-state index in [1.807, 2.05) is 0 Å². The van der Waals surface area contributed by atoms with Gasteiger partial charge in [-0.3, -0.25) is 0 Å². The minimum absolute atomic E-state index is 0.116. The maximum absolute atomic E-state index is 13.3. The summed E-state index contributed by atoms with van der Waals surface area (Å²) in [4.78, 5) is 0. The Labute approximate surface area is 94.9 Å². The van der Waals surface area contributed by atoms with Crippen molar-refractivity contribution in [3.63, 3.8) is 0 Å². The van der Waals surface area contributed by atoms with Crippen LogP contribution in [0.2, 0.25) is 0 Å². The number of benzene rings is 1. The summed E-state index contributed by atoms with van der Waals surface area (Å²) in [6, 6.07) is 7.29. The van der Waals surface area contributed by atoms with Gasteiger partial charge < -0.3 is 5.32 Å². The summed E-state index contributed by atoms with van der Waals surface area (Å²) >= 11 is 0. The fraction of sp³-hybridized carbons (Fsp3) is 0.538. The Kier molecular flexibility index (Phi) is 3.24. The lowest BCUT2D eigenvalue weighted by atomic mass is 10.0. The molecule has 0 heterocycles. The molecule has 0 spiro atoms. The maximum atomic E-state index is 13.3. The van der Waals surface area contributed by atoms with E-state index in [0.717, 1.165) is 12.1 Å². The molecule has 1 saturated carbocycles. The molecule has 0 atom stereocenters. The first-order chi connectivity index (χ1) is 7.62. The molecule has 88 valence electrons. The molecule has 0 unspecified atom stereocenters. The fourth-order valence-electron chi connectivity index (χ4n) is 1.62. The minimum atomic E-state index is -2.69. The molecule has 1 nitrogen and oxygen atoms in total. The molecule has 1 aromatic carbocycles. The van der Waals surface area contributed by atoms with Crippen LogP contribution in [-0.4, -0.2) is 6.04 Å². The van der Waals surface area contributed by atoms with E-state index in [2.05, 4.69) is 5.32 Å². The third-order valence-electron chi connectivity index (χ3n) is 2.99. The van der Waals surface area contributed by atoms with Crippen molar-refractivity contribution in [2.45, 2.75) is 44.7 Å². The Morgan fingerprint density at radius 2 is 1.88 bits per heavy atom. The molecule has 1 N–H and O–H groups in total. The third-order valence-corrected chi connectivity index (χ3v) is 2.99. The highest BCUT2D eigenvalue weighted by Crippen LogP contribution is 2.31. The quantitative estimate of drug-likeness (QED) is 0.809. The third kappa shape index (κ3) is 2.79. The molecule has 16 heavy (non-hydrogen) atoms. The number of halogens is 2. The number of nitrogens with one attached hydrogen (secondary N) is 1. The molecule has 0 radical (unpaired) electrons. The summed E-state index contributed by atoms with van der Waals surface area (Å²) in [7, 11) is 0. The van der Waals surface area contributed by atoms with E-state index < -0.39 is 5.92 Å². The molecule has 0 bridgehead atoms. The average molecular weight is 225 g/mol. The SMILES string of the molecule is CCC(F)(F)c1ccc(CNC2CC2)cc1. The second-order valence-corrected chi connectivity index (χ2v) is 4.41. The van der Waals surface area contributed by atoms with Crippen LogP contribution < -0.4 is 5.32 Å². The first-order valence-corrected chi connectivity index (χ1v) is 5.82. The van der Waals surface area contributed by atoms with Gasteiger partial charge in [0.05, 0.1) is 0 Å². The molecule has 0 saturated heterocycles. The van der Waals surface area contributed by atoms with Crippen molar-refractivity contribution >= 4 is 0 Å². The van der Waals surface area contributed by atoms with Crippen LogP contribution in [0.25, 0.3) is 0 Å². The molecule has 0 aromatic heterocycles. The Morgan fingerprint density at radius 1 is 1.25 bits per heavy atom. The zero-order valence-electron chi connectivity index (χ0n) is 9.47. The minimum Gasteiger partial charge on any atom is -0.310 e. The molecular formula is C13H17F2N. The Bertz CT molecular complexity index is 341. The van der Waals surface area contributed by atoms with Gasteiger partial charge >= 0.3 is 0 Å². The molecule has 1 fully saturated rings. The van der Waals surface area contributed by atoms with Crippen molar-refractivity contribution in [3.8, 4) is 0 Å². The highest BCUT2D eigenvalue weighted by atomic mass is 19.3. The Balaban J connectivity index is 1.97. The van der Waals surface area contributed by atoms with Gasteiger partial charge in [0, 0.05) is 24.6 Å². The summed E-state index contributed by atoms with van der Waals surface area (Å²) < 4.78 is 26.7. The summed E-state index contributed by atoms with van der Waals surface area (Å²) in [5.74, 6) is -2.69. The first kappa shape index (κ1) is 11.5. The molecular weight excluding hydrogens is 208 g/mol. The van der Waals surface area contributed by atoms with Gasteiger partial charge in [-0.15, -0.1) is 0 Å². The Hall–Kier alpha value is -0.960. The van der Waals surface area contributed by atoms with Crippen LogP contribution >= 0.6 is 0 Å². The summed E-state index contributed by atoms with van der Waals surface area (Å²) in [6.07, 6.45) is 2.34. The lowest BCUT2D eigenvalue weighted by Gasteiger charge is -2.14. The van der Waals surface area contributed by atoms with Crippen molar-refractivity contribution in [3.05, 3.63) is 35.4 Å². The first-order valence-electron chi connectivity index (χ1n) is 5.82. The van der Waals surface area contributed by atoms with Crippen LogP contribution in [0.3, 0.4) is 0 Å². The molecule has 1 aromatic rings. The summed E-state index contributed by atoms with van der Waals surface area (Å²) in [6.45, 7) is 2.28. The zero-order valence-corrected chi connectivity index (χ0v) is 9.47. The van der Waals surface area contributed by atoms with Gasteiger partial charge in [0.1, 0.15) is 0 Å². The highest BCUT2D eigenvalue weighted by Gasteiger charge is 2.28. The van der Waals surface area contributed by atoms with Gasteiger partial charge in [-0.25, -0.2) is 8.78 Å². The van der Waals surface area contributed by atoms with Crippen LogP contribution in [0.4, 0.5) is 8.78 Å². The number of hydrogen-bond acceptors (Lipinski definition) is 1. The zero-order chi connectivity index (χ0) is 11.6. The summed E-state index contributed by atoms with van der Waals surface area (Å²) in [5, 5.41) is 3.36. The average Bonchev–Trinajstić information content (AvgIpc) is 3.11. The monoisotopic (exact) mass is 225 g/mol. The number of hydrogen-bond donors (Lipinski definition) is 1. The van der Waals surface area contributed by atoms with Gasteiger partial charge in [0.2, 0.25) is 0 Å². The lowest BCUT2D eigenvalue weighted by Crippen LogP contribution is -2.16.